The molecule has 0 aliphatic carbocycles. The number of aliphatic carboxylic acids is 1. The SMILES string of the molecule is Cc1cccc(OCC(CCO)C(=O)O)c1. The van der Waals surface area contributed by atoms with Crippen molar-refractivity contribution in [3.05, 3.63) is 29.8 Å². The normalized spacial score (nSPS) is 12.1. The molecule has 0 fully saturated rings. The van der Waals surface area contributed by atoms with Gasteiger partial charge in [-0.3, -0.25) is 4.79 Å². The maximum absolute atomic E-state index is 10.8. The highest BCUT2D eigenvalue weighted by atomic mass is 16.5. The average molecular weight is 224 g/mol. The van der Waals surface area contributed by atoms with Crippen LogP contribution in [0.2, 0.25) is 0 Å². The zero-order chi connectivity index (χ0) is 12.0. The molecule has 88 valence electrons. The first-order valence-corrected chi connectivity index (χ1v) is 5.16. The Morgan fingerprint density at radius 1 is 1.50 bits per heavy atom. The van der Waals surface area contributed by atoms with E-state index < -0.39 is 11.9 Å². The molecule has 0 amide bonds. The lowest BCUT2D eigenvalue weighted by atomic mass is 10.1. The third-order valence-corrected chi connectivity index (χ3v) is 2.27. The highest BCUT2D eigenvalue weighted by Crippen LogP contribution is 2.14. The Balaban J connectivity index is 2.51. The molecule has 0 spiro atoms. The van der Waals surface area contributed by atoms with Gasteiger partial charge in [-0.25, -0.2) is 0 Å². The fourth-order valence-corrected chi connectivity index (χ4v) is 1.34. The lowest BCUT2D eigenvalue weighted by Crippen LogP contribution is -2.22. The summed E-state index contributed by atoms with van der Waals surface area (Å²) < 4.78 is 5.37. The Morgan fingerprint density at radius 2 is 2.25 bits per heavy atom. The summed E-state index contributed by atoms with van der Waals surface area (Å²) >= 11 is 0. The van der Waals surface area contributed by atoms with E-state index in [-0.39, 0.29) is 19.6 Å². The first-order valence-electron chi connectivity index (χ1n) is 5.16. The molecule has 4 heteroatoms. The molecular weight excluding hydrogens is 208 g/mol. The van der Waals surface area contributed by atoms with E-state index in [0.717, 1.165) is 5.56 Å². The molecule has 1 unspecified atom stereocenters. The summed E-state index contributed by atoms with van der Waals surface area (Å²) in [5.74, 6) is -0.948. The number of carbonyl (C=O) groups is 1. The summed E-state index contributed by atoms with van der Waals surface area (Å²) in [5, 5.41) is 17.6. The van der Waals surface area contributed by atoms with E-state index in [0.29, 0.717) is 5.75 Å². The molecule has 1 aromatic carbocycles. The zero-order valence-corrected chi connectivity index (χ0v) is 9.22. The fourth-order valence-electron chi connectivity index (χ4n) is 1.34. The van der Waals surface area contributed by atoms with Crippen LogP contribution in [0, 0.1) is 12.8 Å². The van der Waals surface area contributed by atoms with Crippen LogP contribution in [-0.2, 0) is 4.79 Å². The number of aryl methyl sites for hydroxylation is 1. The summed E-state index contributed by atoms with van der Waals surface area (Å²) in [5.41, 5.74) is 1.06. The molecule has 0 heterocycles. The molecule has 16 heavy (non-hydrogen) atoms. The van der Waals surface area contributed by atoms with Crippen LogP contribution in [0.5, 0.6) is 5.75 Å². The van der Waals surface area contributed by atoms with Crippen LogP contribution in [0.25, 0.3) is 0 Å². The lowest BCUT2D eigenvalue weighted by Gasteiger charge is -2.12. The van der Waals surface area contributed by atoms with E-state index >= 15 is 0 Å². The molecule has 1 rings (SSSR count). The van der Waals surface area contributed by atoms with Crippen molar-refractivity contribution >= 4 is 5.97 Å². The Morgan fingerprint density at radius 3 is 2.81 bits per heavy atom. The third-order valence-electron chi connectivity index (χ3n) is 2.27. The number of aliphatic hydroxyl groups is 1. The predicted molar refractivity (Wildman–Crippen MR) is 59.5 cm³/mol. The van der Waals surface area contributed by atoms with Crippen molar-refractivity contribution in [2.45, 2.75) is 13.3 Å². The fraction of sp³-hybridized carbons (Fsp3) is 0.417. The molecular formula is C12H16O4. The highest BCUT2D eigenvalue weighted by Gasteiger charge is 2.17. The number of aliphatic hydroxyl groups excluding tert-OH is 1. The Kier molecular flexibility index (Phi) is 4.79. The topological polar surface area (TPSA) is 66.8 Å². The Labute approximate surface area is 94.5 Å². The highest BCUT2D eigenvalue weighted by molar-refractivity contribution is 5.70. The van der Waals surface area contributed by atoms with Crippen LogP contribution in [0.15, 0.2) is 24.3 Å². The van der Waals surface area contributed by atoms with E-state index in [1.807, 2.05) is 25.1 Å². The number of carboxylic acid groups (broad SMARTS) is 1. The van der Waals surface area contributed by atoms with Gasteiger partial charge in [-0.2, -0.15) is 0 Å². The summed E-state index contributed by atoms with van der Waals surface area (Å²) in [4.78, 5) is 10.8. The predicted octanol–water partition coefficient (Wildman–Crippen LogP) is 1.46. The molecule has 0 saturated carbocycles. The van der Waals surface area contributed by atoms with Crippen LogP contribution in [0.4, 0.5) is 0 Å². The van der Waals surface area contributed by atoms with Crippen molar-refractivity contribution in [2.75, 3.05) is 13.2 Å². The van der Waals surface area contributed by atoms with E-state index in [4.69, 9.17) is 14.9 Å². The van der Waals surface area contributed by atoms with E-state index in [1.165, 1.54) is 0 Å². The van der Waals surface area contributed by atoms with Crippen molar-refractivity contribution in [2.24, 2.45) is 5.92 Å². The number of hydrogen-bond donors (Lipinski definition) is 2. The van der Waals surface area contributed by atoms with Crippen molar-refractivity contribution in [1.29, 1.82) is 0 Å². The minimum absolute atomic E-state index is 0.0827. The van der Waals surface area contributed by atoms with Crippen molar-refractivity contribution in [3.8, 4) is 5.75 Å². The number of benzene rings is 1. The van der Waals surface area contributed by atoms with E-state index in [1.54, 1.807) is 6.07 Å². The number of ether oxygens (including phenoxy) is 1. The van der Waals surface area contributed by atoms with Crippen molar-refractivity contribution in [1.82, 2.24) is 0 Å². The second kappa shape index (κ2) is 6.12. The van der Waals surface area contributed by atoms with Gasteiger partial charge in [0.05, 0.1) is 5.92 Å². The minimum atomic E-state index is -0.943. The van der Waals surface area contributed by atoms with Crippen LogP contribution in [-0.4, -0.2) is 29.4 Å². The van der Waals surface area contributed by atoms with Gasteiger partial charge in [0.1, 0.15) is 12.4 Å². The Bertz CT molecular complexity index is 349. The minimum Gasteiger partial charge on any atom is -0.493 e. The number of rotatable bonds is 6. The van der Waals surface area contributed by atoms with Crippen molar-refractivity contribution in [3.63, 3.8) is 0 Å². The molecule has 0 saturated heterocycles. The van der Waals surface area contributed by atoms with Gasteiger partial charge in [0.15, 0.2) is 0 Å². The summed E-state index contributed by atoms with van der Waals surface area (Å²) in [6.07, 6.45) is 0.209. The van der Waals surface area contributed by atoms with Crippen LogP contribution < -0.4 is 4.74 Å². The quantitative estimate of drug-likeness (QED) is 0.767. The van der Waals surface area contributed by atoms with Gasteiger partial charge in [-0.1, -0.05) is 12.1 Å². The van der Waals surface area contributed by atoms with Gasteiger partial charge in [-0.05, 0) is 31.0 Å². The second-order valence-electron chi connectivity index (χ2n) is 3.67. The summed E-state index contributed by atoms with van der Waals surface area (Å²) in [7, 11) is 0. The van der Waals surface area contributed by atoms with Crippen LogP contribution >= 0.6 is 0 Å². The molecule has 0 bridgehead atoms. The van der Waals surface area contributed by atoms with Gasteiger partial charge >= 0.3 is 5.97 Å². The summed E-state index contributed by atoms with van der Waals surface area (Å²) in [6.45, 7) is 1.88. The molecule has 4 nitrogen and oxygen atoms in total. The van der Waals surface area contributed by atoms with E-state index in [2.05, 4.69) is 0 Å². The van der Waals surface area contributed by atoms with Gasteiger partial charge in [0.25, 0.3) is 0 Å². The van der Waals surface area contributed by atoms with Gasteiger partial charge in [0.2, 0.25) is 0 Å². The van der Waals surface area contributed by atoms with E-state index in [9.17, 15) is 4.79 Å². The monoisotopic (exact) mass is 224 g/mol. The standard InChI is InChI=1S/C12H16O4/c1-9-3-2-4-11(7-9)16-8-10(5-6-13)12(14)15/h2-4,7,10,13H,5-6,8H2,1H3,(H,14,15). The first-order chi connectivity index (χ1) is 7.63. The third kappa shape index (κ3) is 3.90. The molecule has 0 aliphatic heterocycles. The molecule has 0 aromatic heterocycles. The zero-order valence-electron chi connectivity index (χ0n) is 9.22. The average Bonchev–Trinajstić information content (AvgIpc) is 2.24. The second-order valence-corrected chi connectivity index (χ2v) is 3.67. The Hall–Kier alpha value is -1.55. The largest absolute Gasteiger partial charge is 0.493 e. The lowest BCUT2D eigenvalue weighted by molar-refractivity contribution is -0.143. The summed E-state index contributed by atoms with van der Waals surface area (Å²) in [6, 6.07) is 7.42. The smallest absolute Gasteiger partial charge is 0.310 e. The molecule has 0 aliphatic rings. The van der Waals surface area contributed by atoms with Crippen LogP contribution in [0.1, 0.15) is 12.0 Å². The molecule has 1 atom stereocenters. The number of carboxylic acids is 1. The van der Waals surface area contributed by atoms with Gasteiger partial charge in [0, 0.05) is 6.61 Å². The molecule has 0 radical (unpaired) electrons. The number of hydrogen-bond acceptors (Lipinski definition) is 3. The van der Waals surface area contributed by atoms with Crippen LogP contribution in [0.3, 0.4) is 0 Å². The first kappa shape index (κ1) is 12.5. The molecule has 1 aromatic rings. The van der Waals surface area contributed by atoms with Gasteiger partial charge < -0.3 is 14.9 Å². The maximum Gasteiger partial charge on any atom is 0.310 e. The van der Waals surface area contributed by atoms with Crippen molar-refractivity contribution < 1.29 is 19.7 Å². The maximum atomic E-state index is 10.8. The molecule has 2 N–H and O–H groups in total. The van der Waals surface area contributed by atoms with Gasteiger partial charge in [-0.15, -0.1) is 0 Å².